The molecule has 1 amide bonds. The summed E-state index contributed by atoms with van der Waals surface area (Å²) in [6, 6.07) is 16.6. The lowest BCUT2D eigenvalue weighted by Gasteiger charge is -2.06. The summed E-state index contributed by atoms with van der Waals surface area (Å²) in [4.78, 5) is 14.8. The van der Waals surface area contributed by atoms with E-state index in [0.717, 1.165) is 49.6 Å². The predicted octanol–water partition coefficient (Wildman–Crippen LogP) is 4.18. The predicted molar refractivity (Wildman–Crippen MR) is 116 cm³/mol. The molecule has 3 aromatic rings. The normalized spacial score (nSPS) is 11.4. The van der Waals surface area contributed by atoms with Gasteiger partial charge in [-0.25, -0.2) is 5.48 Å². The third kappa shape index (κ3) is 5.79. The number of hydrogen-bond donors (Lipinski definition) is 4. The van der Waals surface area contributed by atoms with Crippen molar-refractivity contribution in [3.63, 3.8) is 0 Å². The number of aromatic nitrogens is 1. The number of H-pyrrole nitrogens is 1. The number of rotatable bonds is 10. The van der Waals surface area contributed by atoms with Crippen LogP contribution in [0, 0.1) is 0 Å². The smallest absolute Gasteiger partial charge is 0.267 e. The van der Waals surface area contributed by atoms with Crippen molar-refractivity contribution < 1.29 is 15.1 Å². The van der Waals surface area contributed by atoms with Crippen LogP contribution in [0.2, 0.25) is 0 Å². The van der Waals surface area contributed by atoms with Crippen LogP contribution >= 0.6 is 0 Å². The summed E-state index contributed by atoms with van der Waals surface area (Å²) in [6.45, 7) is 0.242. The lowest BCUT2D eigenvalue weighted by Crippen LogP contribution is -2.14. The van der Waals surface area contributed by atoms with Crippen LogP contribution in [0.15, 0.2) is 54.6 Å². The van der Waals surface area contributed by atoms with Crippen LogP contribution in [-0.2, 0) is 24.1 Å². The second-order valence-electron chi connectivity index (χ2n) is 7.22. The van der Waals surface area contributed by atoms with Crippen molar-refractivity contribution in [2.75, 3.05) is 6.61 Å². The molecule has 5 nitrogen and oxygen atoms in total. The first-order valence-electron chi connectivity index (χ1n) is 10.1. The van der Waals surface area contributed by atoms with Crippen LogP contribution in [-0.4, -0.2) is 27.8 Å². The van der Waals surface area contributed by atoms with Gasteiger partial charge in [0, 0.05) is 29.3 Å². The molecule has 2 aromatic carbocycles. The largest absolute Gasteiger partial charge is 0.396 e. The fraction of sp³-hybridized carbons (Fsp3) is 0.292. The van der Waals surface area contributed by atoms with Crippen molar-refractivity contribution in [3.8, 4) is 0 Å². The molecule has 3 rings (SSSR count). The number of hydrogen-bond acceptors (Lipinski definition) is 3. The van der Waals surface area contributed by atoms with E-state index in [1.807, 2.05) is 18.2 Å². The number of unbranched alkanes of at least 4 members (excludes halogenated alkanes) is 2. The molecule has 0 bridgehead atoms. The summed E-state index contributed by atoms with van der Waals surface area (Å²) in [5.74, 6) is -0.551. The fourth-order valence-corrected chi connectivity index (χ4v) is 3.65. The van der Waals surface area contributed by atoms with Gasteiger partial charge in [-0.1, -0.05) is 48.9 Å². The molecule has 0 saturated heterocycles. The average molecular weight is 392 g/mol. The molecule has 0 fully saturated rings. The van der Waals surface area contributed by atoms with E-state index in [2.05, 4.69) is 35.3 Å². The number of nitrogens with one attached hydrogen (secondary N) is 2. The summed E-state index contributed by atoms with van der Waals surface area (Å²) in [5.41, 5.74) is 7.46. The van der Waals surface area contributed by atoms with Crippen LogP contribution in [0.3, 0.4) is 0 Å². The number of aliphatic hydroxyl groups is 1. The number of carbonyl (C=O) groups excluding carboxylic acids is 1. The van der Waals surface area contributed by atoms with Crippen molar-refractivity contribution in [3.05, 3.63) is 77.0 Å². The van der Waals surface area contributed by atoms with E-state index in [1.54, 1.807) is 11.6 Å². The quantitative estimate of drug-likeness (QED) is 0.181. The molecule has 0 spiro atoms. The molecule has 0 saturated carbocycles. The number of aryl methyl sites for hydroxylation is 3. The Morgan fingerprint density at radius 1 is 1.00 bits per heavy atom. The SMILES string of the molecule is O=C(/C=C/c1ccc2c(CCCCCO)c(CCc3ccccc3)[nH]c2c1)NO. The average Bonchev–Trinajstić information content (AvgIpc) is 3.11. The minimum atomic E-state index is -0.551. The molecule has 0 unspecified atom stereocenters. The summed E-state index contributed by atoms with van der Waals surface area (Å²) in [5, 5.41) is 18.9. The zero-order chi connectivity index (χ0) is 20.5. The van der Waals surface area contributed by atoms with Crippen LogP contribution < -0.4 is 5.48 Å². The van der Waals surface area contributed by atoms with E-state index in [4.69, 9.17) is 10.3 Å². The maximum Gasteiger partial charge on any atom is 0.267 e. The van der Waals surface area contributed by atoms with Gasteiger partial charge in [0.1, 0.15) is 0 Å². The summed E-state index contributed by atoms with van der Waals surface area (Å²) >= 11 is 0. The molecule has 152 valence electrons. The van der Waals surface area contributed by atoms with E-state index in [0.29, 0.717) is 0 Å². The molecule has 1 heterocycles. The second-order valence-corrected chi connectivity index (χ2v) is 7.22. The Hall–Kier alpha value is -2.89. The molecule has 1 aromatic heterocycles. The van der Waals surface area contributed by atoms with Gasteiger partial charge in [-0.2, -0.15) is 0 Å². The Morgan fingerprint density at radius 2 is 1.83 bits per heavy atom. The van der Waals surface area contributed by atoms with Gasteiger partial charge in [0.2, 0.25) is 0 Å². The van der Waals surface area contributed by atoms with Gasteiger partial charge in [0.25, 0.3) is 5.91 Å². The van der Waals surface area contributed by atoms with E-state index < -0.39 is 5.91 Å². The third-order valence-electron chi connectivity index (χ3n) is 5.15. The Bertz CT molecular complexity index is 961. The Kier molecular flexibility index (Phi) is 7.61. The first-order chi connectivity index (χ1) is 14.2. The highest BCUT2D eigenvalue weighted by molar-refractivity contribution is 5.92. The minimum absolute atomic E-state index is 0.242. The van der Waals surface area contributed by atoms with Crippen molar-refractivity contribution >= 4 is 22.9 Å². The van der Waals surface area contributed by atoms with Gasteiger partial charge in [0.05, 0.1) is 0 Å². The molecular formula is C24H28N2O3. The van der Waals surface area contributed by atoms with Crippen LogP contribution in [0.4, 0.5) is 0 Å². The number of hydroxylamine groups is 1. The number of aliphatic hydroxyl groups excluding tert-OH is 1. The first kappa shape index (κ1) is 20.8. The number of fused-ring (bicyclic) bond motifs is 1. The fourth-order valence-electron chi connectivity index (χ4n) is 3.65. The molecule has 29 heavy (non-hydrogen) atoms. The maximum absolute atomic E-state index is 11.2. The van der Waals surface area contributed by atoms with Gasteiger partial charge in [0.15, 0.2) is 0 Å². The van der Waals surface area contributed by atoms with Gasteiger partial charge >= 0.3 is 0 Å². The highest BCUT2D eigenvalue weighted by Gasteiger charge is 2.12. The number of carbonyl (C=O) groups is 1. The zero-order valence-electron chi connectivity index (χ0n) is 16.5. The monoisotopic (exact) mass is 392 g/mol. The van der Waals surface area contributed by atoms with Gasteiger partial charge in [-0.15, -0.1) is 0 Å². The molecule has 4 N–H and O–H groups in total. The summed E-state index contributed by atoms with van der Waals surface area (Å²) < 4.78 is 0. The standard InChI is InChI=1S/C24H28N2O3/c27-16-6-2-5-9-20-21-13-10-19(12-15-24(28)26-29)17-23(21)25-22(20)14-11-18-7-3-1-4-8-18/h1,3-4,7-8,10,12-13,15,17,25,27,29H,2,5-6,9,11,14,16H2,(H,26,28)/b15-12+. The molecule has 0 radical (unpaired) electrons. The van der Waals surface area contributed by atoms with Gasteiger partial charge in [-0.3, -0.25) is 10.0 Å². The Balaban J connectivity index is 1.84. The lowest BCUT2D eigenvalue weighted by atomic mass is 9.99. The van der Waals surface area contributed by atoms with Crippen LogP contribution in [0.1, 0.15) is 41.6 Å². The molecular weight excluding hydrogens is 364 g/mol. The zero-order valence-corrected chi connectivity index (χ0v) is 16.5. The molecule has 5 heteroatoms. The van der Waals surface area contributed by atoms with Crippen LogP contribution in [0.5, 0.6) is 0 Å². The highest BCUT2D eigenvalue weighted by atomic mass is 16.5. The topological polar surface area (TPSA) is 85.3 Å². The number of aromatic amines is 1. The van der Waals surface area contributed by atoms with Crippen molar-refractivity contribution in [2.45, 2.75) is 38.5 Å². The van der Waals surface area contributed by atoms with E-state index in [9.17, 15) is 4.79 Å². The van der Waals surface area contributed by atoms with Crippen molar-refractivity contribution in [1.29, 1.82) is 0 Å². The first-order valence-corrected chi connectivity index (χ1v) is 10.1. The van der Waals surface area contributed by atoms with Crippen molar-refractivity contribution in [1.82, 2.24) is 10.5 Å². The number of amides is 1. The minimum Gasteiger partial charge on any atom is -0.396 e. The van der Waals surface area contributed by atoms with Crippen molar-refractivity contribution in [2.24, 2.45) is 0 Å². The molecule has 0 aliphatic carbocycles. The van der Waals surface area contributed by atoms with E-state index in [1.165, 1.54) is 28.3 Å². The molecule has 0 aliphatic rings. The van der Waals surface area contributed by atoms with Crippen LogP contribution in [0.25, 0.3) is 17.0 Å². The highest BCUT2D eigenvalue weighted by Crippen LogP contribution is 2.27. The maximum atomic E-state index is 11.2. The second kappa shape index (κ2) is 10.6. The molecule has 0 atom stereocenters. The van der Waals surface area contributed by atoms with E-state index in [-0.39, 0.29) is 6.61 Å². The van der Waals surface area contributed by atoms with Gasteiger partial charge < -0.3 is 10.1 Å². The number of benzene rings is 2. The summed E-state index contributed by atoms with van der Waals surface area (Å²) in [6.07, 6.45) is 8.76. The Labute approximate surface area is 171 Å². The third-order valence-corrected chi connectivity index (χ3v) is 5.15. The lowest BCUT2D eigenvalue weighted by molar-refractivity contribution is -0.124. The van der Waals surface area contributed by atoms with Gasteiger partial charge in [-0.05, 0) is 60.9 Å². The summed E-state index contributed by atoms with van der Waals surface area (Å²) in [7, 11) is 0. The Morgan fingerprint density at radius 3 is 2.59 bits per heavy atom. The van der Waals surface area contributed by atoms with E-state index >= 15 is 0 Å². The molecule has 0 aliphatic heterocycles.